The first-order valence-corrected chi connectivity index (χ1v) is 14.7. The minimum atomic E-state index is -3.99. The summed E-state index contributed by atoms with van der Waals surface area (Å²) >= 11 is 1.94. The second-order valence-electron chi connectivity index (χ2n) is 9.43. The van der Waals surface area contributed by atoms with Gasteiger partial charge in [0.15, 0.2) is 0 Å². The van der Waals surface area contributed by atoms with Crippen LogP contribution >= 0.6 is 11.8 Å². The fourth-order valence-corrected chi connectivity index (χ4v) is 7.87. The molecule has 0 aliphatic carbocycles. The van der Waals surface area contributed by atoms with Crippen LogP contribution < -0.4 is 9.04 Å². The molecule has 2 heterocycles. The summed E-state index contributed by atoms with van der Waals surface area (Å²) in [6.45, 7) is 2.96. The van der Waals surface area contributed by atoms with Crippen LogP contribution in [0.25, 0.3) is 0 Å². The van der Waals surface area contributed by atoms with Crippen molar-refractivity contribution in [3.05, 3.63) is 53.1 Å². The second kappa shape index (κ2) is 10.6. The van der Waals surface area contributed by atoms with Gasteiger partial charge in [-0.15, -0.1) is 0 Å². The molecule has 1 N–H and O–H groups in total. The van der Waals surface area contributed by atoms with Crippen molar-refractivity contribution in [1.82, 2.24) is 0 Å². The normalized spacial score (nSPS) is 19.5. The van der Waals surface area contributed by atoms with Gasteiger partial charge in [0.05, 0.1) is 23.8 Å². The van der Waals surface area contributed by atoms with Gasteiger partial charge in [-0.3, -0.25) is 4.31 Å². The third-order valence-corrected chi connectivity index (χ3v) is 9.86. The molecule has 2 aromatic rings. The molecule has 9 heteroatoms. The largest absolute Gasteiger partial charge is 0.493 e. The lowest BCUT2D eigenvalue weighted by Crippen LogP contribution is -2.43. The molecule has 192 valence electrons. The summed E-state index contributed by atoms with van der Waals surface area (Å²) in [6, 6.07) is 8.53. The quantitative estimate of drug-likeness (QED) is 0.477. The molecule has 4 rings (SSSR count). The number of anilines is 1. The van der Waals surface area contributed by atoms with Crippen molar-refractivity contribution in [1.29, 1.82) is 0 Å². The van der Waals surface area contributed by atoms with Gasteiger partial charge in [-0.1, -0.05) is 13.0 Å². The first-order chi connectivity index (χ1) is 16.6. The molecule has 5 nitrogen and oxygen atoms in total. The van der Waals surface area contributed by atoms with Crippen LogP contribution in [0, 0.1) is 5.92 Å². The Morgan fingerprint density at radius 2 is 1.89 bits per heavy atom. The Balaban J connectivity index is 1.65. The van der Waals surface area contributed by atoms with Crippen molar-refractivity contribution >= 4 is 27.5 Å². The predicted molar refractivity (Wildman–Crippen MR) is 136 cm³/mol. The van der Waals surface area contributed by atoms with Crippen LogP contribution in [0.3, 0.4) is 0 Å². The molecule has 1 saturated heterocycles. The van der Waals surface area contributed by atoms with Crippen molar-refractivity contribution in [3.63, 3.8) is 0 Å². The maximum Gasteiger partial charge on any atom is 0.270 e. The first kappa shape index (κ1) is 26.2. The Morgan fingerprint density at radius 3 is 2.54 bits per heavy atom. The average Bonchev–Trinajstić information content (AvgIpc) is 2.86. The summed E-state index contributed by atoms with van der Waals surface area (Å²) in [4.78, 5) is 0.0548. The van der Waals surface area contributed by atoms with Gasteiger partial charge in [-0.05, 0) is 85.4 Å². The Hall–Kier alpha value is -1.84. The minimum absolute atomic E-state index is 0.0548. The van der Waals surface area contributed by atoms with E-state index < -0.39 is 15.9 Å². The molecule has 2 aromatic carbocycles. The van der Waals surface area contributed by atoms with E-state index in [1.807, 2.05) is 18.7 Å². The molecule has 35 heavy (non-hydrogen) atoms. The van der Waals surface area contributed by atoms with E-state index in [0.717, 1.165) is 31.3 Å². The summed E-state index contributed by atoms with van der Waals surface area (Å²) in [6.07, 6.45) is 3.86. The number of aliphatic hydroxyl groups excluding tert-OH is 1. The number of aryl methyl sites for hydroxylation is 1. The zero-order valence-corrected chi connectivity index (χ0v) is 21.8. The lowest BCUT2D eigenvalue weighted by Gasteiger charge is -2.38. The monoisotopic (exact) mass is 525 g/mol. The molecule has 2 aliphatic heterocycles. The van der Waals surface area contributed by atoms with Crippen LogP contribution in [0.2, 0.25) is 0 Å². The fraction of sp³-hybridized carbons (Fsp3) is 0.538. The highest BCUT2D eigenvalue weighted by atomic mass is 32.2. The highest BCUT2D eigenvalue weighted by Crippen LogP contribution is 2.40. The third kappa shape index (κ3) is 5.62. The summed E-state index contributed by atoms with van der Waals surface area (Å²) in [7, 11) is -3.99. The zero-order chi connectivity index (χ0) is 25.2. The maximum atomic E-state index is 13.9. The van der Waals surface area contributed by atoms with Crippen LogP contribution in [-0.2, 0) is 29.0 Å². The molecule has 1 fully saturated rings. The Labute approximate surface area is 210 Å². The topological polar surface area (TPSA) is 66.8 Å². The van der Waals surface area contributed by atoms with E-state index in [2.05, 4.69) is 0 Å². The Kier molecular flexibility index (Phi) is 7.98. The summed E-state index contributed by atoms with van der Waals surface area (Å²) in [5.41, 5.74) is 1.34. The molecule has 0 aromatic heterocycles. The summed E-state index contributed by atoms with van der Waals surface area (Å²) < 4.78 is 62.8. The molecule has 1 atom stereocenters. The number of rotatable bonds is 8. The number of aliphatic hydroxyl groups is 1. The third-order valence-electron chi connectivity index (χ3n) is 6.95. The average molecular weight is 526 g/mol. The van der Waals surface area contributed by atoms with Gasteiger partial charge in [0.1, 0.15) is 5.75 Å². The van der Waals surface area contributed by atoms with Crippen LogP contribution in [-0.4, -0.2) is 37.7 Å². The van der Waals surface area contributed by atoms with E-state index in [9.17, 15) is 22.3 Å². The van der Waals surface area contributed by atoms with Crippen LogP contribution in [0.4, 0.5) is 14.5 Å². The number of hydrogen-bond donors (Lipinski definition) is 1. The van der Waals surface area contributed by atoms with Gasteiger partial charge in [0.25, 0.3) is 15.9 Å². The van der Waals surface area contributed by atoms with Gasteiger partial charge in [-0.25, -0.2) is 17.2 Å². The molecular formula is C26H33F2NO4S2. The van der Waals surface area contributed by atoms with Crippen LogP contribution in [0.15, 0.2) is 41.3 Å². The number of thioether (sulfide) groups is 1. The SMILES string of the molecule is CCC1CCc2cc(C(C)(F)F)ccc2N1S(=O)(=O)c1ccc(OCC2CCSCC2)c(CO)c1. The van der Waals surface area contributed by atoms with Crippen molar-refractivity contribution in [2.45, 2.75) is 69.4 Å². The molecule has 1 unspecified atom stereocenters. The second-order valence-corrected chi connectivity index (χ2v) is 12.5. The maximum absolute atomic E-state index is 13.9. The van der Waals surface area contributed by atoms with E-state index in [-0.39, 0.29) is 23.1 Å². The Morgan fingerprint density at radius 1 is 1.14 bits per heavy atom. The molecule has 0 radical (unpaired) electrons. The first-order valence-electron chi connectivity index (χ1n) is 12.1. The highest BCUT2D eigenvalue weighted by molar-refractivity contribution is 7.99. The molecular weight excluding hydrogens is 492 g/mol. The summed E-state index contributed by atoms with van der Waals surface area (Å²) in [5, 5.41) is 9.96. The number of hydrogen-bond acceptors (Lipinski definition) is 5. The standard InChI is InChI=1S/C26H33F2NO4S2/c1-3-22-6-4-19-14-21(26(2,27)28)5-8-24(19)29(22)35(31,32)23-7-9-25(20(15-23)16-30)33-17-18-10-12-34-13-11-18/h5,7-9,14-15,18,22,30H,3-4,6,10-13,16-17H2,1-2H3. The van der Waals surface area contributed by atoms with E-state index in [1.165, 1.54) is 34.6 Å². The lowest BCUT2D eigenvalue weighted by molar-refractivity contribution is 0.0174. The van der Waals surface area contributed by atoms with E-state index in [1.54, 1.807) is 6.07 Å². The van der Waals surface area contributed by atoms with Gasteiger partial charge in [0.2, 0.25) is 0 Å². The fourth-order valence-electron chi connectivity index (χ4n) is 4.82. The lowest BCUT2D eigenvalue weighted by atomic mass is 9.94. The number of nitrogens with zero attached hydrogens (tertiary/aromatic N) is 1. The minimum Gasteiger partial charge on any atom is -0.493 e. The van der Waals surface area contributed by atoms with Crippen LogP contribution in [0.5, 0.6) is 5.75 Å². The number of sulfonamides is 1. The van der Waals surface area contributed by atoms with Crippen molar-refractivity contribution in [2.24, 2.45) is 5.92 Å². The van der Waals surface area contributed by atoms with Crippen molar-refractivity contribution < 1.29 is 27.0 Å². The van der Waals surface area contributed by atoms with Gasteiger partial charge in [-0.2, -0.15) is 11.8 Å². The van der Waals surface area contributed by atoms with Gasteiger partial charge < -0.3 is 9.84 Å². The van der Waals surface area contributed by atoms with Crippen molar-refractivity contribution in [3.8, 4) is 5.75 Å². The Bertz CT molecular complexity index is 1140. The number of alkyl halides is 2. The van der Waals surface area contributed by atoms with Gasteiger partial charge >= 0.3 is 0 Å². The molecule has 0 spiro atoms. The number of benzene rings is 2. The van der Waals surface area contributed by atoms with E-state index in [0.29, 0.717) is 54.4 Å². The molecule has 0 saturated carbocycles. The number of ether oxygens (including phenoxy) is 1. The molecule has 0 amide bonds. The van der Waals surface area contributed by atoms with Crippen molar-refractivity contribution in [2.75, 3.05) is 22.4 Å². The highest BCUT2D eigenvalue weighted by Gasteiger charge is 2.37. The van der Waals surface area contributed by atoms with Crippen LogP contribution in [0.1, 0.15) is 56.2 Å². The van der Waals surface area contributed by atoms with Gasteiger partial charge in [0, 0.05) is 24.1 Å². The predicted octanol–water partition coefficient (Wildman–Crippen LogP) is 5.73. The molecule has 0 bridgehead atoms. The summed E-state index contributed by atoms with van der Waals surface area (Å²) in [5.74, 6) is 0.187. The van der Waals surface area contributed by atoms with E-state index in [4.69, 9.17) is 4.74 Å². The zero-order valence-electron chi connectivity index (χ0n) is 20.2. The number of fused-ring (bicyclic) bond motifs is 1. The van der Waals surface area contributed by atoms with E-state index >= 15 is 0 Å². The molecule has 2 aliphatic rings. The number of halogens is 2. The smallest absolute Gasteiger partial charge is 0.270 e.